The Morgan fingerprint density at radius 3 is 2.65 bits per heavy atom. The Balaban J connectivity index is 1.37. The molecule has 0 atom stereocenters. The maximum Gasteiger partial charge on any atom is 0.258 e. The molecule has 1 aromatic carbocycles. The number of benzene rings is 1. The molecule has 0 bridgehead atoms. The second kappa shape index (κ2) is 7.63. The van der Waals surface area contributed by atoms with Crippen LogP contribution in [0.15, 0.2) is 48.7 Å². The van der Waals surface area contributed by atoms with Gasteiger partial charge in [0.25, 0.3) is 5.91 Å². The van der Waals surface area contributed by atoms with Gasteiger partial charge in [-0.3, -0.25) is 4.79 Å². The van der Waals surface area contributed by atoms with Crippen LogP contribution in [0.1, 0.15) is 18.4 Å². The average Bonchev–Trinajstić information content (AvgIpc) is 3.42. The van der Waals surface area contributed by atoms with Gasteiger partial charge in [0.05, 0.1) is 6.61 Å². The second-order valence-electron chi connectivity index (χ2n) is 5.64. The van der Waals surface area contributed by atoms with Crippen molar-refractivity contribution in [2.45, 2.75) is 19.4 Å². The Bertz CT molecular complexity index is 624. The van der Waals surface area contributed by atoms with Gasteiger partial charge in [-0.05, 0) is 36.5 Å². The zero-order valence-corrected chi connectivity index (χ0v) is 12.9. The van der Waals surface area contributed by atoms with E-state index in [4.69, 9.17) is 9.47 Å². The lowest BCUT2D eigenvalue weighted by molar-refractivity contribution is -0.123. The molecule has 0 unspecified atom stereocenters. The molecule has 0 saturated heterocycles. The lowest BCUT2D eigenvalue weighted by Crippen LogP contribution is -2.28. The van der Waals surface area contributed by atoms with E-state index in [9.17, 15) is 4.79 Å². The van der Waals surface area contributed by atoms with Crippen molar-refractivity contribution in [2.75, 3.05) is 13.2 Å². The third-order valence-corrected chi connectivity index (χ3v) is 3.56. The first-order valence-corrected chi connectivity index (χ1v) is 7.82. The molecule has 120 valence electrons. The van der Waals surface area contributed by atoms with E-state index in [1.165, 1.54) is 12.8 Å². The van der Waals surface area contributed by atoms with Gasteiger partial charge in [0, 0.05) is 18.8 Å². The third kappa shape index (κ3) is 5.29. The first-order valence-electron chi connectivity index (χ1n) is 7.82. The standard InChI is InChI=1S/C18H20N2O3/c21-17(13-22-16-4-2-1-3-5-16)19-10-15-8-9-18(20-11-15)23-12-14-6-7-14/h1-5,8-9,11,14H,6-7,10,12-13H2,(H,19,21). The number of amides is 1. The molecule has 1 aromatic heterocycles. The van der Waals surface area contributed by atoms with E-state index < -0.39 is 0 Å². The maximum atomic E-state index is 11.8. The van der Waals surface area contributed by atoms with Crippen molar-refractivity contribution in [1.82, 2.24) is 10.3 Å². The van der Waals surface area contributed by atoms with Crippen LogP contribution in [0.2, 0.25) is 0 Å². The highest BCUT2D eigenvalue weighted by Crippen LogP contribution is 2.29. The van der Waals surface area contributed by atoms with E-state index >= 15 is 0 Å². The average molecular weight is 312 g/mol. The zero-order valence-electron chi connectivity index (χ0n) is 12.9. The van der Waals surface area contributed by atoms with Crippen LogP contribution in [0.5, 0.6) is 11.6 Å². The minimum atomic E-state index is -0.164. The predicted octanol–water partition coefficient (Wildman–Crippen LogP) is 2.57. The Morgan fingerprint density at radius 1 is 1.13 bits per heavy atom. The molecule has 3 rings (SSSR count). The Hall–Kier alpha value is -2.56. The lowest BCUT2D eigenvalue weighted by atomic mass is 10.3. The van der Waals surface area contributed by atoms with Crippen molar-refractivity contribution in [3.05, 3.63) is 54.2 Å². The minimum absolute atomic E-state index is 0.0000248. The topological polar surface area (TPSA) is 60.5 Å². The molecule has 1 saturated carbocycles. The Kier molecular flexibility index (Phi) is 5.09. The number of hydrogen-bond acceptors (Lipinski definition) is 4. The molecule has 5 nitrogen and oxygen atoms in total. The van der Waals surface area contributed by atoms with Crippen molar-refractivity contribution in [1.29, 1.82) is 0 Å². The molecule has 1 aliphatic carbocycles. The quantitative estimate of drug-likeness (QED) is 0.814. The summed E-state index contributed by atoms with van der Waals surface area (Å²) in [5.41, 5.74) is 0.928. The van der Waals surface area contributed by atoms with Gasteiger partial charge in [0.2, 0.25) is 5.88 Å². The van der Waals surface area contributed by atoms with Crippen molar-refractivity contribution >= 4 is 5.91 Å². The highest BCUT2D eigenvalue weighted by atomic mass is 16.5. The minimum Gasteiger partial charge on any atom is -0.484 e. The molecule has 0 aliphatic heterocycles. The highest BCUT2D eigenvalue weighted by Gasteiger charge is 2.21. The summed E-state index contributed by atoms with van der Waals surface area (Å²) in [5.74, 6) is 1.86. The molecular weight excluding hydrogens is 292 g/mol. The molecule has 0 spiro atoms. The summed E-state index contributed by atoms with van der Waals surface area (Å²) >= 11 is 0. The zero-order chi connectivity index (χ0) is 15.9. The molecule has 1 amide bonds. The van der Waals surface area contributed by atoms with Gasteiger partial charge in [-0.2, -0.15) is 0 Å². The monoisotopic (exact) mass is 312 g/mol. The van der Waals surface area contributed by atoms with Crippen LogP contribution < -0.4 is 14.8 Å². The van der Waals surface area contributed by atoms with E-state index in [1.807, 2.05) is 42.5 Å². The summed E-state index contributed by atoms with van der Waals surface area (Å²) < 4.78 is 11.0. The first kappa shape index (κ1) is 15.3. The van der Waals surface area contributed by atoms with Crippen LogP contribution in [-0.4, -0.2) is 24.1 Å². The van der Waals surface area contributed by atoms with Gasteiger partial charge in [0.1, 0.15) is 5.75 Å². The van der Waals surface area contributed by atoms with Crippen molar-refractivity contribution in [2.24, 2.45) is 5.92 Å². The number of aromatic nitrogens is 1. The second-order valence-corrected chi connectivity index (χ2v) is 5.64. The van der Waals surface area contributed by atoms with Crippen molar-refractivity contribution in [3.8, 4) is 11.6 Å². The first-order chi connectivity index (χ1) is 11.3. The summed E-state index contributed by atoms with van der Waals surface area (Å²) in [7, 11) is 0. The molecule has 5 heteroatoms. The SMILES string of the molecule is O=C(COc1ccccc1)NCc1ccc(OCC2CC2)nc1. The molecule has 23 heavy (non-hydrogen) atoms. The smallest absolute Gasteiger partial charge is 0.258 e. The molecule has 0 radical (unpaired) electrons. The van der Waals surface area contributed by atoms with Gasteiger partial charge < -0.3 is 14.8 Å². The number of hydrogen-bond donors (Lipinski definition) is 1. The van der Waals surface area contributed by atoms with E-state index in [2.05, 4.69) is 10.3 Å². The van der Waals surface area contributed by atoms with E-state index in [0.29, 0.717) is 24.1 Å². The van der Waals surface area contributed by atoms with Crippen LogP contribution in [0.4, 0.5) is 0 Å². The number of nitrogens with one attached hydrogen (secondary N) is 1. The van der Waals surface area contributed by atoms with Crippen LogP contribution in [0.25, 0.3) is 0 Å². The van der Waals surface area contributed by atoms with Crippen molar-refractivity contribution < 1.29 is 14.3 Å². The summed E-state index contributed by atoms with van der Waals surface area (Å²) in [5, 5.41) is 2.80. The highest BCUT2D eigenvalue weighted by molar-refractivity contribution is 5.77. The summed E-state index contributed by atoms with van der Waals surface area (Å²) in [4.78, 5) is 16.0. The predicted molar refractivity (Wildman–Crippen MR) is 86.2 cm³/mol. The molecular formula is C18H20N2O3. The number of nitrogens with zero attached hydrogens (tertiary/aromatic N) is 1. The largest absolute Gasteiger partial charge is 0.484 e. The molecule has 1 fully saturated rings. The van der Waals surface area contributed by atoms with E-state index in [-0.39, 0.29) is 12.5 Å². The number of rotatable bonds is 8. The number of pyridine rings is 1. The normalized spacial score (nSPS) is 13.4. The van der Waals surface area contributed by atoms with Crippen LogP contribution in [-0.2, 0) is 11.3 Å². The fourth-order valence-electron chi connectivity index (χ4n) is 2.01. The fraction of sp³-hybridized carbons (Fsp3) is 0.333. The van der Waals surface area contributed by atoms with Gasteiger partial charge in [-0.1, -0.05) is 24.3 Å². The maximum absolute atomic E-state index is 11.8. The van der Waals surface area contributed by atoms with Crippen LogP contribution >= 0.6 is 0 Å². The Labute approximate surface area is 135 Å². The number of carbonyl (C=O) groups is 1. The Morgan fingerprint density at radius 2 is 1.96 bits per heavy atom. The van der Waals surface area contributed by atoms with Gasteiger partial charge in [-0.25, -0.2) is 4.98 Å². The molecule has 2 aromatic rings. The van der Waals surface area contributed by atoms with E-state index in [1.54, 1.807) is 6.20 Å². The van der Waals surface area contributed by atoms with Crippen LogP contribution in [0, 0.1) is 5.92 Å². The van der Waals surface area contributed by atoms with Crippen molar-refractivity contribution in [3.63, 3.8) is 0 Å². The molecule has 1 aliphatic rings. The fourth-order valence-corrected chi connectivity index (χ4v) is 2.01. The van der Waals surface area contributed by atoms with E-state index in [0.717, 1.165) is 12.2 Å². The van der Waals surface area contributed by atoms with Gasteiger partial charge >= 0.3 is 0 Å². The van der Waals surface area contributed by atoms with Gasteiger partial charge in [-0.15, -0.1) is 0 Å². The lowest BCUT2D eigenvalue weighted by Gasteiger charge is -2.08. The molecule has 1 heterocycles. The summed E-state index contributed by atoms with van der Waals surface area (Å²) in [6.07, 6.45) is 4.24. The van der Waals surface area contributed by atoms with Gasteiger partial charge in [0.15, 0.2) is 6.61 Å². The molecule has 1 N–H and O–H groups in total. The number of para-hydroxylation sites is 1. The van der Waals surface area contributed by atoms with Crippen LogP contribution in [0.3, 0.4) is 0 Å². The number of carbonyl (C=O) groups excluding carboxylic acids is 1. The summed E-state index contributed by atoms with van der Waals surface area (Å²) in [6.45, 7) is 1.17. The number of ether oxygens (including phenoxy) is 2. The third-order valence-electron chi connectivity index (χ3n) is 3.56. The summed E-state index contributed by atoms with van der Waals surface area (Å²) in [6, 6.07) is 13.0.